The molecule has 0 atom stereocenters. The Balaban J connectivity index is 3.60. The van der Waals surface area contributed by atoms with E-state index in [4.69, 9.17) is 5.26 Å². The van der Waals surface area contributed by atoms with E-state index < -0.39 is 23.3 Å². The van der Waals surface area contributed by atoms with Crippen molar-refractivity contribution in [2.75, 3.05) is 6.61 Å². The molecule has 104 valence electrons. The lowest BCUT2D eigenvalue weighted by molar-refractivity contribution is -0.777. The average Bonchev–Trinajstić information content (AvgIpc) is 2.35. The van der Waals surface area contributed by atoms with Gasteiger partial charge in [0.1, 0.15) is 12.0 Å². The van der Waals surface area contributed by atoms with Crippen LogP contribution >= 0.6 is 12.0 Å². The number of carbonyl (C=O) groups excluding carboxylic acids is 1. The molecule has 0 saturated carbocycles. The van der Waals surface area contributed by atoms with E-state index in [1.54, 1.807) is 0 Å². The molecule has 0 amide bonds. The van der Waals surface area contributed by atoms with E-state index >= 15 is 0 Å². The van der Waals surface area contributed by atoms with Crippen LogP contribution < -0.4 is 5.26 Å². The maximum absolute atomic E-state index is 12.8. The number of halogens is 2. The quantitative estimate of drug-likeness (QED) is 0.197. The molecule has 0 fully saturated rings. The van der Waals surface area contributed by atoms with Gasteiger partial charge in [-0.3, -0.25) is 5.04 Å². The summed E-state index contributed by atoms with van der Waals surface area (Å²) in [5, 5.41) is 16.3. The van der Waals surface area contributed by atoms with E-state index in [0.717, 1.165) is 12.8 Å². The Morgan fingerprint density at radius 2 is 2.00 bits per heavy atom. The summed E-state index contributed by atoms with van der Waals surface area (Å²) in [6.45, 7) is -0.153. The smallest absolute Gasteiger partial charge is 0.415 e. The van der Waals surface area contributed by atoms with Gasteiger partial charge in [-0.1, -0.05) is 12.8 Å². The third-order valence-electron chi connectivity index (χ3n) is 1.82. The largest absolute Gasteiger partial charge is 0.691 e. The average molecular weight is 284 g/mol. The third-order valence-corrected chi connectivity index (χ3v) is 2.32. The van der Waals surface area contributed by atoms with Gasteiger partial charge in [-0.2, -0.15) is 18.4 Å². The van der Waals surface area contributed by atoms with E-state index in [1.165, 1.54) is 0 Å². The molecule has 9 heteroatoms. The summed E-state index contributed by atoms with van der Waals surface area (Å²) < 4.78 is 33.2. The fourth-order valence-corrected chi connectivity index (χ4v) is 1.24. The molecule has 6 nitrogen and oxygen atoms in total. The number of carbonyl (C=O) groups is 1. The standard InChI is InChI=1S/C9H13F2NO5S/c10-9(11,18-17-16-14)8(13)15-7-5-3-1-2-4-6-12/h14H,1-5,7H2/p-1. The van der Waals surface area contributed by atoms with Gasteiger partial charge < -0.3 is 9.99 Å². The highest BCUT2D eigenvalue weighted by molar-refractivity contribution is 7.96. The van der Waals surface area contributed by atoms with Crippen molar-refractivity contribution in [2.24, 2.45) is 0 Å². The van der Waals surface area contributed by atoms with E-state index in [0.29, 0.717) is 19.3 Å². The lowest BCUT2D eigenvalue weighted by Gasteiger charge is -2.13. The zero-order valence-corrected chi connectivity index (χ0v) is 10.2. The number of rotatable bonds is 10. The maximum Gasteiger partial charge on any atom is 0.415 e. The number of nitrogens with zero attached hydrogens (tertiary/aromatic N) is 1. The zero-order chi connectivity index (χ0) is 13.9. The highest BCUT2D eigenvalue weighted by Gasteiger charge is 2.43. The fourth-order valence-electron chi connectivity index (χ4n) is 0.999. The minimum absolute atomic E-state index is 0.153. The third kappa shape index (κ3) is 8.19. The highest BCUT2D eigenvalue weighted by atomic mass is 32.2. The lowest BCUT2D eigenvalue weighted by Crippen LogP contribution is -2.28. The van der Waals surface area contributed by atoms with Crippen LogP contribution in [0.15, 0.2) is 0 Å². The molecule has 0 aromatic heterocycles. The SMILES string of the molecule is N#CCCCCCCOC(=O)C(F)(F)SOO[O-]. The van der Waals surface area contributed by atoms with Gasteiger partial charge in [0.05, 0.1) is 12.7 Å². The first kappa shape index (κ1) is 17.1. The molecular weight excluding hydrogens is 272 g/mol. The number of esters is 1. The Hall–Kier alpha value is -0.950. The normalized spacial score (nSPS) is 11.0. The predicted octanol–water partition coefficient (Wildman–Crippen LogP) is 1.47. The molecule has 0 aliphatic rings. The van der Waals surface area contributed by atoms with E-state index in [9.17, 15) is 18.8 Å². The van der Waals surface area contributed by atoms with Crippen LogP contribution in [0, 0.1) is 11.3 Å². The molecule has 0 aromatic carbocycles. The second-order valence-electron chi connectivity index (χ2n) is 3.19. The van der Waals surface area contributed by atoms with E-state index in [1.807, 2.05) is 6.07 Å². The van der Waals surface area contributed by atoms with Crippen LogP contribution in [0.4, 0.5) is 8.78 Å². The summed E-state index contributed by atoms with van der Waals surface area (Å²) in [5.41, 5.74) is 0. The summed E-state index contributed by atoms with van der Waals surface area (Å²) in [7, 11) is 0. The number of ether oxygens (including phenoxy) is 1. The summed E-state index contributed by atoms with van der Waals surface area (Å²) in [6, 6.07) is 1.98. The molecule has 0 spiro atoms. The number of hydrogen-bond donors (Lipinski definition) is 0. The van der Waals surface area contributed by atoms with E-state index in [2.05, 4.69) is 14.1 Å². The van der Waals surface area contributed by atoms with Crippen molar-refractivity contribution < 1.29 is 32.9 Å². The molecule has 0 heterocycles. The van der Waals surface area contributed by atoms with Gasteiger partial charge >= 0.3 is 11.2 Å². The summed E-state index contributed by atoms with van der Waals surface area (Å²) in [4.78, 5) is 10.8. The van der Waals surface area contributed by atoms with Crippen molar-refractivity contribution >= 4 is 18.0 Å². The molecule has 0 aliphatic heterocycles. The van der Waals surface area contributed by atoms with Crippen LogP contribution in [0.25, 0.3) is 0 Å². The Bertz CT molecular complexity index is 285. The number of unbranched alkanes of at least 4 members (excludes halogenated alkanes) is 4. The topological polar surface area (TPSA) is 91.6 Å². The first-order valence-corrected chi connectivity index (χ1v) is 5.85. The summed E-state index contributed by atoms with van der Waals surface area (Å²) >= 11 is -0.717. The molecule has 18 heavy (non-hydrogen) atoms. The molecule has 0 unspecified atom stereocenters. The minimum atomic E-state index is -3.98. The fraction of sp³-hybridized carbons (Fsp3) is 0.778. The van der Waals surface area contributed by atoms with Gasteiger partial charge in [0, 0.05) is 6.42 Å². The predicted molar refractivity (Wildman–Crippen MR) is 54.4 cm³/mol. The second kappa shape index (κ2) is 10.0. The van der Waals surface area contributed by atoms with Crippen molar-refractivity contribution in [3.8, 4) is 6.07 Å². The molecule has 0 radical (unpaired) electrons. The van der Waals surface area contributed by atoms with Crippen LogP contribution in [-0.4, -0.2) is 17.8 Å². The number of alkyl halides is 2. The van der Waals surface area contributed by atoms with Crippen molar-refractivity contribution in [2.45, 2.75) is 37.4 Å². The van der Waals surface area contributed by atoms with Crippen molar-refractivity contribution in [1.29, 1.82) is 5.26 Å². The van der Waals surface area contributed by atoms with Gasteiger partial charge in [0.2, 0.25) is 0 Å². The number of nitriles is 1. The van der Waals surface area contributed by atoms with E-state index in [-0.39, 0.29) is 6.61 Å². The zero-order valence-electron chi connectivity index (χ0n) is 9.40. The highest BCUT2D eigenvalue weighted by Crippen LogP contribution is 2.30. The summed E-state index contributed by atoms with van der Waals surface area (Å²) in [6.07, 6.45) is 3.04. The van der Waals surface area contributed by atoms with Crippen molar-refractivity contribution in [3.05, 3.63) is 0 Å². The van der Waals surface area contributed by atoms with Gasteiger partial charge in [0.15, 0.2) is 0 Å². The molecule has 0 rings (SSSR count). The first-order valence-electron chi connectivity index (χ1n) is 5.11. The molecule has 0 saturated heterocycles. The van der Waals surface area contributed by atoms with Crippen LogP contribution in [0.5, 0.6) is 0 Å². The van der Waals surface area contributed by atoms with Crippen molar-refractivity contribution in [3.63, 3.8) is 0 Å². The maximum atomic E-state index is 12.8. The Kier molecular flexibility index (Phi) is 9.49. The molecule has 0 aliphatic carbocycles. The number of hydrogen-bond acceptors (Lipinski definition) is 7. The first-order chi connectivity index (χ1) is 8.54. The van der Waals surface area contributed by atoms with Crippen LogP contribution in [0.3, 0.4) is 0 Å². The Morgan fingerprint density at radius 1 is 1.33 bits per heavy atom. The van der Waals surface area contributed by atoms with Crippen LogP contribution in [0.2, 0.25) is 0 Å². The monoisotopic (exact) mass is 284 g/mol. The molecule has 0 N–H and O–H groups in total. The van der Waals surface area contributed by atoms with Crippen LogP contribution in [0.1, 0.15) is 32.1 Å². The lowest BCUT2D eigenvalue weighted by atomic mass is 10.2. The van der Waals surface area contributed by atoms with Crippen molar-refractivity contribution in [1.82, 2.24) is 0 Å². The molecule has 0 aromatic rings. The molecular formula is C9H12F2NO5S-. The van der Waals surface area contributed by atoms with Gasteiger partial charge in [-0.25, -0.2) is 4.79 Å². The Labute approximate surface area is 107 Å². The second-order valence-corrected chi connectivity index (χ2v) is 4.01. The van der Waals surface area contributed by atoms with Crippen LogP contribution in [-0.2, 0) is 18.9 Å². The molecule has 0 bridgehead atoms. The Morgan fingerprint density at radius 3 is 2.61 bits per heavy atom. The van der Waals surface area contributed by atoms with Gasteiger partial charge in [0.25, 0.3) is 0 Å². The summed E-state index contributed by atoms with van der Waals surface area (Å²) in [5.74, 6) is -1.79. The van der Waals surface area contributed by atoms with Gasteiger partial charge in [-0.05, 0) is 12.8 Å². The minimum Gasteiger partial charge on any atom is -0.691 e. The van der Waals surface area contributed by atoms with Gasteiger partial charge in [-0.15, -0.1) is 0 Å².